The second-order valence-corrected chi connectivity index (χ2v) is 7.03. The fourth-order valence-corrected chi connectivity index (χ4v) is 3.06. The molecule has 11 nitrogen and oxygen atoms in total. The molecule has 0 amide bonds. The minimum atomic E-state index is -1.85. The van der Waals surface area contributed by atoms with Crippen LogP contribution < -0.4 is 9.47 Å². The highest BCUT2D eigenvalue weighted by Crippen LogP contribution is 2.28. The van der Waals surface area contributed by atoms with E-state index in [-0.39, 0.29) is 13.2 Å². The number of benzene rings is 1. The first kappa shape index (κ1) is 22.2. The average Bonchev–Trinajstić information content (AvgIpc) is 3.02. The van der Waals surface area contributed by atoms with Gasteiger partial charge in [0, 0.05) is 0 Å². The van der Waals surface area contributed by atoms with Crippen LogP contribution in [0.25, 0.3) is 0 Å². The number of methoxy groups -OCH3 is 1. The van der Waals surface area contributed by atoms with Crippen molar-refractivity contribution in [1.82, 2.24) is 0 Å². The fourth-order valence-electron chi connectivity index (χ4n) is 3.06. The number of rotatable bonds is 7. The van der Waals surface area contributed by atoms with Gasteiger partial charge in [-0.3, -0.25) is 0 Å². The minimum absolute atomic E-state index is 0.334. The van der Waals surface area contributed by atoms with Crippen LogP contribution in [-0.4, -0.2) is 106 Å². The lowest BCUT2D eigenvalue weighted by Crippen LogP contribution is -2.60. The van der Waals surface area contributed by atoms with E-state index in [4.69, 9.17) is 28.8 Å². The van der Waals surface area contributed by atoms with Crippen molar-refractivity contribution in [2.75, 3.05) is 26.9 Å². The van der Waals surface area contributed by atoms with E-state index in [0.717, 1.165) is 0 Å². The van der Waals surface area contributed by atoms with E-state index in [0.29, 0.717) is 11.5 Å². The van der Waals surface area contributed by atoms with Crippen molar-refractivity contribution in [1.29, 1.82) is 0 Å². The smallest absolute Gasteiger partial charge is 0.229 e. The Morgan fingerprint density at radius 1 is 1.00 bits per heavy atom. The van der Waals surface area contributed by atoms with E-state index in [9.17, 15) is 25.5 Å². The van der Waals surface area contributed by atoms with Gasteiger partial charge in [0.2, 0.25) is 6.29 Å². The topological polar surface area (TPSA) is 168 Å². The monoisotopic (exact) mass is 418 g/mol. The molecule has 2 aliphatic rings. The van der Waals surface area contributed by atoms with Crippen LogP contribution >= 0.6 is 0 Å². The molecule has 29 heavy (non-hydrogen) atoms. The van der Waals surface area contributed by atoms with Crippen LogP contribution in [-0.2, 0) is 14.2 Å². The molecule has 0 saturated carbocycles. The summed E-state index contributed by atoms with van der Waals surface area (Å²) in [6.45, 7) is -1.41. The second kappa shape index (κ2) is 9.08. The lowest BCUT2D eigenvalue weighted by molar-refractivity contribution is -0.289. The summed E-state index contributed by atoms with van der Waals surface area (Å²) in [5, 5.41) is 59.6. The largest absolute Gasteiger partial charge is 0.497 e. The van der Waals surface area contributed by atoms with Gasteiger partial charge in [-0.1, -0.05) is 0 Å². The van der Waals surface area contributed by atoms with Crippen LogP contribution in [0, 0.1) is 0 Å². The van der Waals surface area contributed by atoms with E-state index >= 15 is 0 Å². The normalized spacial score (nSPS) is 40.0. The van der Waals surface area contributed by atoms with Crippen molar-refractivity contribution in [2.24, 2.45) is 0 Å². The maximum absolute atomic E-state index is 10.2. The van der Waals surface area contributed by atoms with Crippen molar-refractivity contribution in [3.05, 3.63) is 24.3 Å². The predicted molar refractivity (Wildman–Crippen MR) is 94.0 cm³/mol. The van der Waals surface area contributed by atoms with Crippen LogP contribution in [0.2, 0.25) is 0 Å². The summed E-state index contributed by atoms with van der Waals surface area (Å²) >= 11 is 0. The molecule has 0 spiro atoms. The van der Waals surface area contributed by atoms with E-state index in [1.807, 2.05) is 0 Å². The Morgan fingerprint density at radius 2 is 1.66 bits per heavy atom. The van der Waals surface area contributed by atoms with E-state index in [1.165, 1.54) is 7.11 Å². The summed E-state index contributed by atoms with van der Waals surface area (Å²) in [5.74, 6) is 0.933. The Kier molecular flexibility index (Phi) is 6.94. The van der Waals surface area contributed by atoms with Gasteiger partial charge in [0.25, 0.3) is 0 Å². The highest BCUT2D eigenvalue weighted by molar-refractivity contribution is 5.31. The first-order valence-electron chi connectivity index (χ1n) is 9.04. The summed E-state index contributed by atoms with van der Waals surface area (Å²) in [4.78, 5) is 0. The van der Waals surface area contributed by atoms with Gasteiger partial charge < -0.3 is 54.3 Å². The molecule has 0 bridgehead atoms. The van der Waals surface area contributed by atoms with Crippen molar-refractivity contribution < 1.29 is 54.3 Å². The maximum Gasteiger partial charge on any atom is 0.229 e. The molecule has 0 aromatic heterocycles. The molecule has 164 valence electrons. The molecule has 3 rings (SSSR count). The molecule has 6 N–H and O–H groups in total. The summed E-state index contributed by atoms with van der Waals surface area (Å²) < 4.78 is 26.6. The fraction of sp³-hybridized carbons (Fsp3) is 0.667. The number of aliphatic hydroxyl groups excluding tert-OH is 5. The second-order valence-electron chi connectivity index (χ2n) is 7.03. The van der Waals surface area contributed by atoms with E-state index in [1.54, 1.807) is 24.3 Å². The maximum atomic E-state index is 10.2. The molecule has 2 heterocycles. The van der Waals surface area contributed by atoms with Crippen molar-refractivity contribution >= 4 is 0 Å². The lowest BCUT2D eigenvalue weighted by atomic mass is 9.99. The Labute approximate surface area is 166 Å². The summed E-state index contributed by atoms with van der Waals surface area (Å²) in [5.41, 5.74) is -1.85. The highest BCUT2D eigenvalue weighted by atomic mass is 16.7. The van der Waals surface area contributed by atoms with Crippen molar-refractivity contribution in [2.45, 2.75) is 48.7 Å². The lowest BCUT2D eigenvalue weighted by Gasteiger charge is -2.40. The third-order valence-electron chi connectivity index (χ3n) is 4.98. The Balaban J connectivity index is 1.61. The van der Waals surface area contributed by atoms with Gasteiger partial charge in [0.1, 0.15) is 47.6 Å². The standard InChI is InChI=1S/C18H26O11/c1-25-9-2-4-10(5-3-9)28-16-14(22)13(21)12(20)11(29-16)6-26-17-15(23)18(24,7-19)8-27-17/h2-5,11-17,19-24H,6-8H2,1H3. The summed E-state index contributed by atoms with van der Waals surface area (Å²) in [6.07, 6.45) is -9.84. The molecule has 11 heteroatoms. The number of hydrogen-bond acceptors (Lipinski definition) is 11. The molecule has 1 aromatic carbocycles. The van der Waals surface area contributed by atoms with Gasteiger partial charge in [-0.05, 0) is 24.3 Å². The van der Waals surface area contributed by atoms with Crippen LogP contribution in [0.15, 0.2) is 24.3 Å². The van der Waals surface area contributed by atoms with Gasteiger partial charge >= 0.3 is 0 Å². The van der Waals surface area contributed by atoms with E-state index < -0.39 is 55.3 Å². The zero-order chi connectivity index (χ0) is 21.2. The molecule has 0 aliphatic carbocycles. The zero-order valence-electron chi connectivity index (χ0n) is 15.7. The molecular formula is C18H26O11. The zero-order valence-corrected chi connectivity index (χ0v) is 15.7. The summed E-state index contributed by atoms with van der Waals surface area (Å²) in [6, 6.07) is 6.43. The quantitative estimate of drug-likeness (QED) is 0.273. The Hall–Kier alpha value is -1.54. The molecule has 8 atom stereocenters. The van der Waals surface area contributed by atoms with Crippen LogP contribution in [0.4, 0.5) is 0 Å². The van der Waals surface area contributed by atoms with Crippen LogP contribution in [0.3, 0.4) is 0 Å². The molecular weight excluding hydrogens is 392 g/mol. The van der Waals surface area contributed by atoms with Gasteiger partial charge in [-0.2, -0.15) is 0 Å². The summed E-state index contributed by atoms with van der Waals surface area (Å²) in [7, 11) is 1.51. The SMILES string of the molecule is COc1ccc(OC2OC(COC3OCC(O)(CO)C3O)C(O)C(O)C2O)cc1. The Morgan fingerprint density at radius 3 is 2.24 bits per heavy atom. The van der Waals surface area contributed by atoms with Crippen molar-refractivity contribution in [3.63, 3.8) is 0 Å². The number of aliphatic hydroxyl groups is 6. The molecule has 8 unspecified atom stereocenters. The first-order valence-corrected chi connectivity index (χ1v) is 9.04. The average molecular weight is 418 g/mol. The predicted octanol–water partition coefficient (Wildman–Crippen LogP) is -2.66. The van der Waals surface area contributed by atoms with Gasteiger partial charge in [-0.25, -0.2) is 0 Å². The van der Waals surface area contributed by atoms with Gasteiger partial charge in [-0.15, -0.1) is 0 Å². The highest BCUT2D eigenvalue weighted by Gasteiger charge is 2.50. The van der Waals surface area contributed by atoms with Gasteiger partial charge in [0.05, 0.1) is 26.9 Å². The van der Waals surface area contributed by atoms with Gasteiger partial charge in [0.15, 0.2) is 6.29 Å². The molecule has 1 aromatic rings. The third kappa shape index (κ3) is 4.63. The molecule has 0 radical (unpaired) electrons. The number of ether oxygens (including phenoxy) is 5. The van der Waals surface area contributed by atoms with E-state index in [2.05, 4.69) is 0 Å². The molecule has 2 aliphatic heterocycles. The molecule has 2 fully saturated rings. The third-order valence-corrected chi connectivity index (χ3v) is 4.98. The van der Waals surface area contributed by atoms with Crippen LogP contribution in [0.1, 0.15) is 0 Å². The van der Waals surface area contributed by atoms with Crippen molar-refractivity contribution in [3.8, 4) is 11.5 Å². The first-order chi connectivity index (χ1) is 13.8. The Bertz CT molecular complexity index is 656. The van der Waals surface area contributed by atoms with Crippen LogP contribution in [0.5, 0.6) is 11.5 Å². The number of hydrogen-bond donors (Lipinski definition) is 6. The molecule has 2 saturated heterocycles. The minimum Gasteiger partial charge on any atom is -0.497 e.